The zero-order valence-corrected chi connectivity index (χ0v) is 10.4. The third-order valence-corrected chi connectivity index (χ3v) is 4.17. The van der Waals surface area contributed by atoms with Crippen LogP contribution in [0.4, 0.5) is 5.69 Å². The first-order chi connectivity index (χ1) is 8.36. The maximum absolute atomic E-state index is 9.87. The number of hydrogen-bond acceptors (Lipinski definition) is 3. The van der Waals surface area contributed by atoms with E-state index in [1.807, 2.05) is 36.0 Å². The van der Waals surface area contributed by atoms with Gasteiger partial charge in [-0.1, -0.05) is 24.3 Å². The van der Waals surface area contributed by atoms with Gasteiger partial charge in [-0.3, -0.25) is 0 Å². The van der Waals surface area contributed by atoms with E-state index in [0.717, 1.165) is 23.9 Å². The largest absolute Gasteiger partial charge is 0.507 e. The van der Waals surface area contributed by atoms with Gasteiger partial charge in [-0.05, 0) is 12.1 Å². The van der Waals surface area contributed by atoms with Gasteiger partial charge in [-0.25, -0.2) is 0 Å². The second-order valence-electron chi connectivity index (χ2n) is 4.25. The van der Waals surface area contributed by atoms with E-state index in [4.69, 9.17) is 0 Å². The van der Waals surface area contributed by atoms with Crippen LogP contribution >= 0.6 is 11.8 Å². The summed E-state index contributed by atoms with van der Waals surface area (Å²) in [6, 6.07) is 11.9. The lowest BCUT2D eigenvalue weighted by Crippen LogP contribution is -2.32. The molecule has 1 fully saturated rings. The molecule has 0 unspecified atom stereocenters. The van der Waals surface area contributed by atoms with Crippen LogP contribution < -0.4 is 4.90 Å². The fourth-order valence-corrected chi connectivity index (χ4v) is 3.25. The molecule has 0 bridgehead atoms. The van der Waals surface area contributed by atoms with Crippen LogP contribution in [0.5, 0.6) is 5.75 Å². The molecule has 0 aromatic heterocycles. The summed E-state index contributed by atoms with van der Waals surface area (Å²) < 4.78 is 0. The molecule has 1 aliphatic rings. The number of aromatic hydroxyl groups is 1. The molecule has 2 nitrogen and oxygen atoms in total. The van der Waals surface area contributed by atoms with E-state index >= 15 is 0 Å². The minimum absolute atomic E-state index is 0.371. The molecule has 1 N–H and O–H groups in total. The van der Waals surface area contributed by atoms with Crippen molar-refractivity contribution in [3.05, 3.63) is 36.4 Å². The summed E-state index contributed by atoms with van der Waals surface area (Å²) in [7, 11) is 0. The van der Waals surface area contributed by atoms with Gasteiger partial charge in [-0.15, -0.1) is 0 Å². The third kappa shape index (κ3) is 1.95. The molecule has 0 atom stereocenters. The van der Waals surface area contributed by atoms with Crippen molar-refractivity contribution < 1.29 is 5.11 Å². The molecule has 3 heteroatoms. The Labute approximate surface area is 105 Å². The average molecular weight is 245 g/mol. The smallest absolute Gasteiger partial charge is 0.123 e. The number of thioether (sulfide) groups is 1. The van der Waals surface area contributed by atoms with Crippen LogP contribution in [0, 0.1) is 0 Å². The average Bonchev–Trinajstić information content (AvgIpc) is 2.41. The van der Waals surface area contributed by atoms with E-state index < -0.39 is 0 Å². The number of fused-ring (bicyclic) bond motifs is 1. The Morgan fingerprint density at radius 2 is 1.65 bits per heavy atom. The molecule has 1 saturated heterocycles. The maximum atomic E-state index is 9.87. The first kappa shape index (κ1) is 10.8. The minimum atomic E-state index is 0.371. The van der Waals surface area contributed by atoms with Crippen molar-refractivity contribution in [2.75, 3.05) is 29.5 Å². The fourth-order valence-electron chi connectivity index (χ4n) is 2.35. The van der Waals surface area contributed by atoms with Crippen molar-refractivity contribution >= 4 is 28.2 Å². The normalized spacial score (nSPS) is 16.4. The van der Waals surface area contributed by atoms with E-state index in [9.17, 15) is 5.11 Å². The van der Waals surface area contributed by atoms with Crippen molar-refractivity contribution in [1.29, 1.82) is 0 Å². The Hall–Kier alpha value is -1.35. The second-order valence-corrected chi connectivity index (χ2v) is 5.47. The SMILES string of the molecule is Oc1ccc(N2CCSCC2)c2ccccc12. The predicted octanol–water partition coefficient (Wildman–Crippen LogP) is 3.10. The number of phenolic OH excluding ortho intramolecular Hbond substituents is 1. The molecule has 2 aromatic rings. The van der Waals surface area contributed by atoms with Crippen molar-refractivity contribution in [1.82, 2.24) is 0 Å². The molecular weight excluding hydrogens is 230 g/mol. The molecule has 3 rings (SSSR count). The zero-order valence-electron chi connectivity index (χ0n) is 9.60. The van der Waals surface area contributed by atoms with Crippen LogP contribution in [-0.4, -0.2) is 29.7 Å². The Morgan fingerprint density at radius 1 is 0.941 bits per heavy atom. The van der Waals surface area contributed by atoms with Gasteiger partial charge in [0.1, 0.15) is 5.75 Å². The lowest BCUT2D eigenvalue weighted by atomic mass is 10.1. The van der Waals surface area contributed by atoms with Crippen molar-refractivity contribution in [2.45, 2.75) is 0 Å². The fraction of sp³-hybridized carbons (Fsp3) is 0.286. The molecule has 0 spiro atoms. The number of benzene rings is 2. The Balaban J connectivity index is 2.12. The van der Waals surface area contributed by atoms with Gasteiger partial charge in [0, 0.05) is 41.1 Å². The summed E-state index contributed by atoms with van der Waals surface area (Å²) in [6.07, 6.45) is 0. The molecule has 2 aromatic carbocycles. The lowest BCUT2D eigenvalue weighted by Gasteiger charge is -2.29. The number of phenols is 1. The van der Waals surface area contributed by atoms with Gasteiger partial charge in [0.05, 0.1) is 0 Å². The molecule has 0 amide bonds. The zero-order chi connectivity index (χ0) is 11.7. The Kier molecular flexibility index (Phi) is 2.85. The highest BCUT2D eigenvalue weighted by Gasteiger charge is 2.14. The van der Waals surface area contributed by atoms with Crippen LogP contribution in [0.3, 0.4) is 0 Å². The summed E-state index contributed by atoms with van der Waals surface area (Å²) in [5.41, 5.74) is 1.25. The number of hydrogen-bond donors (Lipinski definition) is 1. The first-order valence-electron chi connectivity index (χ1n) is 5.90. The summed E-state index contributed by atoms with van der Waals surface area (Å²) in [4.78, 5) is 2.41. The molecule has 1 heterocycles. The minimum Gasteiger partial charge on any atom is -0.507 e. The van der Waals surface area contributed by atoms with E-state index in [2.05, 4.69) is 11.0 Å². The number of anilines is 1. The van der Waals surface area contributed by atoms with Crippen LogP contribution in [0.2, 0.25) is 0 Å². The van der Waals surface area contributed by atoms with Crippen molar-refractivity contribution in [3.8, 4) is 5.75 Å². The Bertz CT molecular complexity index is 535. The van der Waals surface area contributed by atoms with Crippen LogP contribution in [-0.2, 0) is 0 Å². The standard InChI is InChI=1S/C14H15NOS/c16-14-6-5-13(15-7-9-17-10-8-15)11-3-1-2-4-12(11)14/h1-6,16H,7-10H2. The van der Waals surface area contributed by atoms with Gasteiger partial charge in [0.2, 0.25) is 0 Å². The topological polar surface area (TPSA) is 23.5 Å². The van der Waals surface area contributed by atoms with E-state index in [0.29, 0.717) is 5.75 Å². The predicted molar refractivity (Wildman–Crippen MR) is 75.2 cm³/mol. The van der Waals surface area contributed by atoms with Crippen LogP contribution in [0.25, 0.3) is 10.8 Å². The third-order valence-electron chi connectivity index (χ3n) is 3.23. The number of nitrogens with zero attached hydrogens (tertiary/aromatic N) is 1. The van der Waals surface area contributed by atoms with Crippen molar-refractivity contribution in [3.63, 3.8) is 0 Å². The molecule has 0 aliphatic carbocycles. The van der Waals surface area contributed by atoms with E-state index in [1.54, 1.807) is 6.07 Å². The Morgan fingerprint density at radius 3 is 2.41 bits per heavy atom. The highest BCUT2D eigenvalue weighted by atomic mass is 32.2. The highest BCUT2D eigenvalue weighted by molar-refractivity contribution is 7.99. The molecule has 1 aliphatic heterocycles. The van der Waals surface area contributed by atoms with Gasteiger partial charge >= 0.3 is 0 Å². The molecular formula is C14H15NOS. The quantitative estimate of drug-likeness (QED) is 0.835. The van der Waals surface area contributed by atoms with Crippen molar-refractivity contribution in [2.24, 2.45) is 0 Å². The van der Waals surface area contributed by atoms with Crippen LogP contribution in [0.1, 0.15) is 0 Å². The monoisotopic (exact) mass is 245 g/mol. The first-order valence-corrected chi connectivity index (χ1v) is 7.05. The molecule has 17 heavy (non-hydrogen) atoms. The van der Waals surface area contributed by atoms with Gasteiger partial charge in [0.15, 0.2) is 0 Å². The summed E-state index contributed by atoms with van der Waals surface area (Å²) >= 11 is 2.01. The molecule has 88 valence electrons. The summed E-state index contributed by atoms with van der Waals surface area (Å²) in [6.45, 7) is 2.19. The van der Waals surface area contributed by atoms with E-state index in [1.165, 1.54) is 17.2 Å². The van der Waals surface area contributed by atoms with Gasteiger partial charge in [0.25, 0.3) is 0 Å². The van der Waals surface area contributed by atoms with E-state index in [-0.39, 0.29) is 0 Å². The maximum Gasteiger partial charge on any atom is 0.123 e. The summed E-state index contributed by atoms with van der Waals surface area (Å²) in [5, 5.41) is 12.0. The molecule has 0 saturated carbocycles. The molecule has 0 radical (unpaired) electrons. The van der Waals surface area contributed by atoms with Gasteiger partial charge < -0.3 is 10.0 Å². The second kappa shape index (κ2) is 4.49. The summed E-state index contributed by atoms with van der Waals surface area (Å²) in [5.74, 6) is 2.75. The number of rotatable bonds is 1. The van der Waals surface area contributed by atoms with Gasteiger partial charge in [-0.2, -0.15) is 11.8 Å². The lowest BCUT2D eigenvalue weighted by molar-refractivity contribution is 0.481. The highest BCUT2D eigenvalue weighted by Crippen LogP contribution is 2.33. The van der Waals surface area contributed by atoms with Crippen LogP contribution in [0.15, 0.2) is 36.4 Å².